The normalized spacial score (nSPS) is 16.6. The molecule has 1 aliphatic rings. The molecule has 1 fully saturated rings. The van der Waals surface area contributed by atoms with Crippen molar-refractivity contribution in [1.82, 2.24) is 0 Å². The van der Waals surface area contributed by atoms with Crippen molar-refractivity contribution in [3.05, 3.63) is 4.88 Å². The second-order valence-corrected chi connectivity index (χ2v) is 6.86. The molecule has 0 unspecified atom stereocenters. The average Bonchev–Trinajstić information content (AvgIpc) is 2.66. The topological polar surface area (TPSA) is 71.1 Å². The van der Waals surface area contributed by atoms with Crippen LogP contribution in [0, 0.1) is 16.7 Å². The Labute approximate surface area is 124 Å². The summed E-state index contributed by atoms with van der Waals surface area (Å²) in [5.74, 6) is 0.645. The molecule has 0 radical (unpaired) electrons. The van der Waals surface area contributed by atoms with E-state index in [1.54, 1.807) is 0 Å². The van der Waals surface area contributed by atoms with Gasteiger partial charge < -0.3 is 15.8 Å². The number of anilines is 2. The van der Waals surface area contributed by atoms with Gasteiger partial charge >= 0.3 is 0 Å². The van der Waals surface area contributed by atoms with E-state index in [1.807, 2.05) is 13.8 Å². The van der Waals surface area contributed by atoms with Crippen LogP contribution in [0.25, 0.3) is 0 Å². The zero-order valence-electron chi connectivity index (χ0n) is 12.5. The van der Waals surface area contributed by atoms with Crippen molar-refractivity contribution in [2.75, 3.05) is 17.6 Å². The van der Waals surface area contributed by atoms with E-state index in [0.29, 0.717) is 21.7 Å². The minimum atomic E-state index is 0.0443. The number of hydrogen-bond donors (Lipinski definition) is 2. The van der Waals surface area contributed by atoms with Crippen LogP contribution >= 0.6 is 11.3 Å². The zero-order valence-corrected chi connectivity index (χ0v) is 13.3. The van der Waals surface area contributed by atoms with E-state index in [4.69, 9.17) is 15.7 Å². The van der Waals surface area contributed by atoms with E-state index in [9.17, 15) is 0 Å². The highest BCUT2D eigenvalue weighted by atomic mass is 32.1. The Hall–Kier alpha value is -1.41. The smallest absolute Gasteiger partial charge is 0.178 e. The number of ether oxygens (including phenoxy) is 1. The predicted molar refractivity (Wildman–Crippen MR) is 84.3 cm³/mol. The van der Waals surface area contributed by atoms with E-state index in [1.165, 1.54) is 37.0 Å². The molecule has 3 N–H and O–H groups in total. The van der Waals surface area contributed by atoms with Crippen molar-refractivity contribution in [2.24, 2.45) is 5.41 Å². The second kappa shape index (κ2) is 5.92. The molecule has 0 bridgehead atoms. The minimum absolute atomic E-state index is 0.0443. The molecule has 1 aliphatic carbocycles. The molecule has 110 valence electrons. The van der Waals surface area contributed by atoms with Crippen LogP contribution in [0.5, 0.6) is 5.75 Å². The van der Waals surface area contributed by atoms with Gasteiger partial charge in [0.25, 0.3) is 0 Å². The van der Waals surface area contributed by atoms with Crippen LogP contribution in [0.15, 0.2) is 0 Å². The minimum Gasteiger partial charge on any atom is -0.486 e. The maximum absolute atomic E-state index is 9.12. The van der Waals surface area contributed by atoms with E-state index < -0.39 is 0 Å². The molecule has 1 saturated carbocycles. The van der Waals surface area contributed by atoms with Gasteiger partial charge in [-0.25, -0.2) is 0 Å². The van der Waals surface area contributed by atoms with Crippen molar-refractivity contribution in [3.63, 3.8) is 0 Å². The molecule has 0 aliphatic heterocycles. The van der Waals surface area contributed by atoms with Gasteiger partial charge in [-0.1, -0.05) is 13.3 Å². The van der Waals surface area contributed by atoms with Crippen LogP contribution in [0.1, 0.15) is 51.3 Å². The first-order chi connectivity index (χ1) is 9.51. The summed E-state index contributed by atoms with van der Waals surface area (Å²) in [7, 11) is 0. The van der Waals surface area contributed by atoms with Crippen LogP contribution in [-0.4, -0.2) is 12.6 Å². The maximum atomic E-state index is 9.12. The van der Waals surface area contributed by atoms with Gasteiger partial charge in [-0.2, -0.15) is 5.26 Å². The first kappa shape index (κ1) is 15.0. The molecule has 4 nitrogen and oxygen atoms in total. The highest BCUT2D eigenvalue weighted by molar-refractivity contribution is 7.17. The lowest BCUT2D eigenvalue weighted by Crippen LogP contribution is -2.35. The fourth-order valence-corrected chi connectivity index (χ4v) is 3.43. The monoisotopic (exact) mass is 293 g/mol. The molecule has 0 saturated heterocycles. The summed E-state index contributed by atoms with van der Waals surface area (Å²) in [5, 5.41) is 13.5. The fourth-order valence-electron chi connectivity index (χ4n) is 2.58. The number of rotatable bonds is 6. The zero-order chi connectivity index (χ0) is 14.8. The van der Waals surface area contributed by atoms with Gasteiger partial charge in [-0.05, 0) is 38.5 Å². The van der Waals surface area contributed by atoms with Crippen LogP contribution in [0.2, 0.25) is 0 Å². The van der Waals surface area contributed by atoms with Gasteiger partial charge in [0.1, 0.15) is 21.6 Å². The molecule has 1 aromatic heterocycles. The number of hydrogen-bond acceptors (Lipinski definition) is 5. The third kappa shape index (κ3) is 2.85. The Kier molecular flexibility index (Phi) is 4.44. The summed E-state index contributed by atoms with van der Waals surface area (Å²) in [6, 6.07) is 2.14. The second-order valence-electron chi connectivity index (χ2n) is 5.84. The molecular weight excluding hydrogens is 270 g/mol. The Morgan fingerprint density at radius 3 is 2.65 bits per heavy atom. The number of nitrogens with one attached hydrogen (secondary N) is 1. The Morgan fingerprint density at radius 1 is 1.50 bits per heavy atom. The van der Waals surface area contributed by atoms with Crippen LogP contribution in [0.3, 0.4) is 0 Å². The number of nitrogen functional groups attached to an aromatic ring is 1. The number of nitrogens with two attached hydrogens (primary N) is 1. The fraction of sp³-hybridized carbons (Fsp3) is 0.667. The molecule has 1 aromatic rings. The largest absolute Gasteiger partial charge is 0.486 e. The Morgan fingerprint density at radius 2 is 2.20 bits per heavy atom. The first-order valence-electron chi connectivity index (χ1n) is 7.24. The van der Waals surface area contributed by atoms with Gasteiger partial charge in [0.05, 0.1) is 6.10 Å². The third-order valence-electron chi connectivity index (χ3n) is 4.14. The molecule has 0 amide bonds. The standard InChI is InChI=1S/C15H23N3OS/c1-4-15(6-5-7-15)9-18-14-13(19-10(2)3)12(17)11(8-16)20-14/h10,18H,4-7,9,17H2,1-3H3. The lowest BCUT2D eigenvalue weighted by molar-refractivity contribution is 0.145. The molecule has 1 heterocycles. The Bertz CT molecular complexity index is 506. The number of thiophene rings is 1. The van der Waals surface area contributed by atoms with Crippen molar-refractivity contribution in [2.45, 2.75) is 52.6 Å². The van der Waals surface area contributed by atoms with Crippen molar-refractivity contribution >= 4 is 22.0 Å². The summed E-state index contributed by atoms with van der Waals surface area (Å²) in [4.78, 5) is 0.530. The van der Waals surface area contributed by atoms with E-state index in [-0.39, 0.29) is 6.10 Å². The summed E-state index contributed by atoms with van der Waals surface area (Å²) < 4.78 is 5.78. The molecule has 0 spiro atoms. The molecule has 0 atom stereocenters. The van der Waals surface area contributed by atoms with Crippen LogP contribution in [-0.2, 0) is 0 Å². The molecule has 2 rings (SSSR count). The van der Waals surface area contributed by atoms with E-state index in [2.05, 4.69) is 18.3 Å². The van der Waals surface area contributed by atoms with Crippen molar-refractivity contribution < 1.29 is 4.74 Å². The van der Waals surface area contributed by atoms with Crippen LogP contribution in [0.4, 0.5) is 10.7 Å². The molecule has 20 heavy (non-hydrogen) atoms. The van der Waals surface area contributed by atoms with Crippen molar-refractivity contribution in [1.29, 1.82) is 5.26 Å². The number of nitrogens with zero attached hydrogens (tertiary/aromatic N) is 1. The lowest BCUT2D eigenvalue weighted by atomic mass is 9.67. The SMILES string of the molecule is CCC1(CNc2sc(C#N)c(N)c2OC(C)C)CCC1. The molecule has 5 heteroatoms. The predicted octanol–water partition coefficient (Wildman–Crippen LogP) is 3.98. The number of nitriles is 1. The van der Waals surface area contributed by atoms with Crippen LogP contribution < -0.4 is 15.8 Å². The summed E-state index contributed by atoms with van der Waals surface area (Å²) in [6.45, 7) is 7.11. The maximum Gasteiger partial charge on any atom is 0.178 e. The van der Waals surface area contributed by atoms with Gasteiger partial charge in [-0.3, -0.25) is 0 Å². The van der Waals surface area contributed by atoms with E-state index >= 15 is 0 Å². The summed E-state index contributed by atoms with van der Waals surface area (Å²) >= 11 is 1.39. The van der Waals surface area contributed by atoms with Gasteiger partial charge in [0.2, 0.25) is 0 Å². The van der Waals surface area contributed by atoms with E-state index in [0.717, 1.165) is 11.5 Å². The summed E-state index contributed by atoms with van der Waals surface area (Å²) in [6.07, 6.45) is 5.11. The Balaban J connectivity index is 2.16. The van der Waals surface area contributed by atoms with Gasteiger partial charge in [0, 0.05) is 6.54 Å². The average molecular weight is 293 g/mol. The van der Waals surface area contributed by atoms with Crippen molar-refractivity contribution in [3.8, 4) is 11.8 Å². The highest BCUT2D eigenvalue weighted by Gasteiger charge is 2.35. The summed E-state index contributed by atoms with van der Waals surface area (Å²) in [5.41, 5.74) is 6.89. The highest BCUT2D eigenvalue weighted by Crippen LogP contribution is 2.47. The molecular formula is C15H23N3OS. The van der Waals surface area contributed by atoms with Gasteiger partial charge in [-0.15, -0.1) is 11.3 Å². The third-order valence-corrected chi connectivity index (χ3v) is 5.19. The quantitative estimate of drug-likeness (QED) is 0.832. The first-order valence-corrected chi connectivity index (χ1v) is 8.06. The molecule has 0 aromatic carbocycles. The lowest BCUT2D eigenvalue weighted by Gasteiger charge is -2.41. The van der Waals surface area contributed by atoms with Gasteiger partial charge in [0.15, 0.2) is 5.75 Å².